The van der Waals surface area contributed by atoms with Crippen LogP contribution in [0, 0.1) is 5.82 Å². The Labute approximate surface area is 178 Å². The van der Waals surface area contributed by atoms with Crippen LogP contribution in [0.1, 0.15) is 69.6 Å². The van der Waals surface area contributed by atoms with Crippen LogP contribution in [0.15, 0.2) is 34.9 Å². The lowest BCUT2D eigenvalue weighted by Gasteiger charge is -2.32. The van der Waals surface area contributed by atoms with Crippen LogP contribution in [-0.4, -0.2) is 47.0 Å². The molecule has 160 valence electrons. The molecule has 1 aromatic carbocycles. The zero-order chi connectivity index (χ0) is 21.5. The fraction of sp³-hybridized carbons (Fsp3) is 0.391. The Morgan fingerprint density at radius 1 is 1.16 bits per heavy atom. The molecular weight excluding hydrogens is 399 g/mol. The number of hydrogen-bond donors (Lipinski definition) is 1. The van der Waals surface area contributed by atoms with Gasteiger partial charge in [0.1, 0.15) is 5.82 Å². The molecule has 1 unspecified atom stereocenters. The molecule has 3 heterocycles. The molecule has 1 N–H and O–H groups in total. The predicted molar refractivity (Wildman–Crippen MR) is 111 cm³/mol. The third-order valence-electron chi connectivity index (χ3n) is 6.16. The maximum Gasteiger partial charge on any atom is 0.259 e. The van der Waals surface area contributed by atoms with E-state index in [1.54, 1.807) is 24.1 Å². The van der Waals surface area contributed by atoms with E-state index in [1.165, 1.54) is 12.1 Å². The zero-order valence-electron chi connectivity index (χ0n) is 17.2. The molecular formula is C23H23FN4O3. The number of hydrogen-bond acceptors (Lipinski definition) is 5. The van der Waals surface area contributed by atoms with E-state index in [0.717, 1.165) is 31.4 Å². The number of aromatic nitrogens is 2. The topological polar surface area (TPSA) is 88.3 Å². The van der Waals surface area contributed by atoms with E-state index in [4.69, 9.17) is 4.52 Å². The summed E-state index contributed by atoms with van der Waals surface area (Å²) in [4.78, 5) is 31.8. The van der Waals surface area contributed by atoms with Gasteiger partial charge in [-0.15, -0.1) is 0 Å². The number of rotatable bonds is 4. The van der Waals surface area contributed by atoms with Crippen molar-refractivity contribution in [2.45, 2.75) is 37.5 Å². The van der Waals surface area contributed by atoms with Gasteiger partial charge < -0.3 is 14.7 Å². The molecule has 2 fully saturated rings. The molecule has 1 aliphatic carbocycles. The summed E-state index contributed by atoms with van der Waals surface area (Å²) in [6.07, 6.45) is 3.66. The highest BCUT2D eigenvalue weighted by Crippen LogP contribution is 2.41. The standard InChI is InChI=1S/C23H23FN4O3/c1-25-21(29)16-11-18(13-8-9-13)26-22-19(16)20(27-31-22)14-5-4-10-28(12-14)23(30)15-6-2-3-7-17(15)24/h2-3,6-7,11,13-14H,4-5,8-10,12H2,1H3,(H,25,29). The number of pyridine rings is 1. The maximum atomic E-state index is 14.1. The Kier molecular flexibility index (Phi) is 4.92. The van der Waals surface area contributed by atoms with Gasteiger partial charge in [0.2, 0.25) is 0 Å². The molecule has 3 aromatic rings. The fourth-order valence-corrected chi connectivity index (χ4v) is 4.36. The summed E-state index contributed by atoms with van der Waals surface area (Å²) in [5.41, 5.74) is 2.41. The summed E-state index contributed by atoms with van der Waals surface area (Å²) >= 11 is 0. The Morgan fingerprint density at radius 3 is 2.71 bits per heavy atom. The van der Waals surface area contributed by atoms with Crippen molar-refractivity contribution in [3.63, 3.8) is 0 Å². The first-order valence-electron chi connectivity index (χ1n) is 10.6. The molecule has 31 heavy (non-hydrogen) atoms. The molecule has 8 heteroatoms. The van der Waals surface area contributed by atoms with Gasteiger partial charge in [0, 0.05) is 37.7 Å². The van der Waals surface area contributed by atoms with Crippen LogP contribution >= 0.6 is 0 Å². The van der Waals surface area contributed by atoms with Crippen molar-refractivity contribution in [2.75, 3.05) is 20.1 Å². The SMILES string of the molecule is CNC(=O)c1cc(C2CC2)nc2onc(C3CCCN(C(=O)c4ccccc4F)C3)c12. The number of carbonyl (C=O) groups excluding carboxylic acids is 2. The van der Waals surface area contributed by atoms with Crippen molar-refractivity contribution in [2.24, 2.45) is 0 Å². The van der Waals surface area contributed by atoms with E-state index >= 15 is 0 Å². The predicted octanol–water partition coefficient (Wildman–Crippen LogP) is 3.62. The number of halogens is 1. The number of benzene rings is 1. The van der Waals surface area contributed by atoms with Crippen molar-refractivity contribution in [3.05, 3.63) is 58.7 Å². The van der Waals surface area contributed by atoms with E-state index in [0.29, 0.717) is 41.4 Å². The number of fused-ring (bicyclic) bond motifs is 1. The van der Waals surface area contributed by atoms with Gasteiger partial charge >= 0.3 is 0 Å². The van der Waals surface area contributed by atoms with Crippen molar-refractivity contribution in [1.82, 2.24) is 20.4 Å². The van der Waals surface area contributed by atoms with Gasteiger partial charge in [-0.2, -0.15) is 0 Å². The van der Waals surface area contributed by atoms with Crippen LogP contribution in [0.5, 0.6) is 0 Å². The first kappa shape index (κ1) is 19.7. The van der Waals surface area contributed by atoms with Crippen LogP contribution in [0.25, 0.3) is 11.1 Å². The number of nitrogens with one attached hydrogen (secondary N) is 1. The van der Waals surface area contributed by atoms with E-state index < -0.39 is 5.82 Å². The molecule has 1 saturated carbocycles. The molecule has 0 radical (unpaired) electrons. The van der Waals surface area contributed by atoms with Gasteiger partial charge in [0.05, 0.1) is 22.2 Å². The summed E-state index contributed by atoms with van der Waals surface area (Å²) in [5.74, 6) is -0.835. The third-order valence-corrected chi connectivity index (χ3v) is 6.16. The number of likely N-dealkylation sites (tertiary alicyclic amines) is 1. The molecule has 0 spiro atoms. The Bertz CT molecular complexity index is 1170. The Morgan fingerprint density at radius 2 is 1.97 bits per heavy atom. The van der Waals surface area contributed by atoms with Crippen molar-refractivity contribution in [1.29, 1.82) is 0 Å². The highest BCUT2D eigenvalue weighted by Gasteiger charge is 2.33. The van der Waals surface area contributed by atoms with Gasteiger partial charge in [0.15, 0.2) is 0 Å². The van der Waals surface area contributed by atoms with Crippen LogP contribution in [-0.2, 0) is 0 Å². The normalized spacial score (nSPS) is 18.9. The number of amides is 2. The zero-order valence-corrected chi connectivity index (χ0v) is 17.2. The lowest BCUT2D eigenvalue weighted by molar-refractivity contribution is 0.0700. The Hall–Kier alpha value is -3.29. The highest BCUT2D eigenvalue weighted by molar-refractivity contribution is 6.06. The van der Waals surface area contributed by atoms with Crippen LogP contribution in [0.4, 0.5) is 4.39 Å². The largest absolute Gasteiger partial charge is 0.355 e. The van der Waals surface area contributed by atoms with E-state index in [-0.39, 0.29) is 23.3 Å². The molecule has 2 amide bonds. The van der Waals surface area contributed by atoms with Gasteiger partial charge in [-0.05, 0) is 43.9 Å². The molecule has 1 aliphatic heterocycles. The third kappa shape index (κ3) is 3.56. The number of carbonyl (C=O) groups is 2. The first-order valence-corrected chi connectivity index (χ1v) is 10.6. The second-order valence-corrected chi connectivity index (χ2v) is 8.27. The average molecular weight is 422 g/mol. The smallest absolute Gasteiger partial charge is 0.259 e. The van der Waals surface area contributed by atoms with Crippen LogP contribution in [0.3, 0.4) is 0 Å². The van der Waals surface area contributed by atoms with E-state index in [9.17, 15) is 14.0 Å². The summed E-state index contributed by atoms with van der Waals surface area (Å²) in [6.45, 7) is 0.929. The summed E-state index contributed by atoms with van der Waals surface area (Å²) in [7, 11) is 1.59. The lowest BCUT2D eigenvalue weighted by Crippen LogP contribution is -2.39. The molecule has 1 saturated heterocycles. The lowest BCUT2D eigenvalue weighted by atomic mass is 9.91. The summed E-state index contributed by atoms with van der Waals surface area (Å²) < 4.78 is 19.7. The van der Waals surface area contributed by atoms with Crippen molar-refractivity contribution < 1.29 is 18.5 Å². The minimum atomic E-state index is -0.528. The first-order chi connectivity index (χ1) is 15.1. The van der Waals surface area contributed by atoms with Crippen LogP contribution < -0.4 is 5.32 Å². The van der Waals surface area contributed by atoms with Gasteiger partial charge in [-0.25, -0.2) is 9.37 Å². The molecule has 1 atom stereocenters. The summed E-state index contributed by atoms with van der Waals surface area (Å²) in [6, 6.07) is 7.85. The molecule has 2 aliphatic rings. The van der Waals surface area contributed by atoms with Crippen molar-refractivity contribution >= 4 is 22.9 Å². The molecule has 5 rings (SSSR count). The quantitative estimate of drug-likeness (QED) is 0.694. The number of nitrogens with zero attached hydrogens (tertiary/aromatic N) is 3. The monoisotopic (exact) mass is 422 g/mol. The fourth-order valence-electron chi connectivity index (χ4n) is 4.36. The maximum absolute atomic E-state index is 14.1. The van der Waals surface area contributed by atoms with E-state index in [2.05, 4.69) is 15.5 Å². The number of piperidine rings is 1. The van der Waals surface area contributed by atoms with Crippen molar-refractivity contribution in [3.8, 4) is 0 Å². The van der Waals surface area contributed by atoms with E-state index in [1.807, 2.05) is 6.07 Å². The molecule has 0 bridgehead atoms. The molecule has 2 aromatic heterocycles. The Balaban J connectivity index is 1.49. The average Bonchev–Trinajstić information content (AvgIpc) is 3.57. The minimum Gasteiger partial charge on any atom is -0.355 e. The highest BCUT2D eigenvalue weighted by atomic mass is 19.1. The molecule has 7 nitrogen and oxygen atoms in total. The second-order valence-electron chi connectivity index (χ2n) is 8.27. The summed E-state index contributed by atoms with van der Waals surface area (Å²) in [5, 5.41) is 7.57. The van der Waals surface area contributed by atoms with Gasteiger partial charge in [-0.3, -0.25) is 9.59 Å². The second kappa shape index (κ2) is 7.76. The van der Waals surface area contributed by atoms with Crippen LogP contribution in [0.2, 0.25) is 0 Å². The minimum absolute atomic E-state index is 0.0648. The van der Waals surface area contributed by atoms with Gasteiger partial charge in [-0.1, -0.05) is 17.3 Å². The van der Waals surface area contributed by atoms with Gasteiger partial charge in [0.25, 0.3) is 17.5 Å².